The van der Waals surface area contributed by atoms with E-state index in [0.29, 0.717) is 50.9 Å². The maximum Gasteiger partial charge on any atom is 0.407 e. The second-order valence-corrected chi connectivity index (χ2v) is 8.61. The Kier molecular flexibility index (Phi) is 11.2. The average molecular weight is 507 g/mol. The van der Waals surface area contributed by atoms with Gasteiger partial charge >= 0.3 is 12.2 Å². The fourth-order valence-electron chi connectivity index (χ4n) is 3.64. The molecule has 1 heterocycles. The zero-order valence-electron chi connectivity index (χ0n) is 21.1. The summed E-state index contributed by atoms with van der Waals surface area (Å²) >= 11 is 0. The van der Waals surface area contributed by atoms with Crippen molar-refractivity contribution in [3.05, 3.63) is 99.2 Å². The summed E-state index contributed by atoms with van der Waals surface area (Å²) in [6, 6.07) is 19.0. The highest BCUT2D eigenvalue weighted by atomic mass is 16.6. The van der Waals surface area contributed by atoms with E-state index in [9.17, 15) is 14.4 Å². The molecule has 2 amide bonds. The molecule has 2 aromatic carbocycles. The maximum absolute atomic E-state index is 12.4. The largest absolute Gasteiger partial charge is 0.445 e. The Balaban J connectivity index is 1.29. The summed E-state index contributed by atoms with van der Waals surface area (Å²) in [7, 11) is 0. The summed E-state index contributed by atoms with van der Waals surface area (Å²) in [6.45, 7) is 3.20. The van der Waals surface area contributed by atoms with Crippen molar-refractivity contribution in [1.29, 1.82) is 0 Å². The second kappa shape index (κ2) is 15.1. The van der Waals surface area contributed by atoms with E-state index in [1.54, 1.807) is 0 Å². The molecule has 9 heteroatoms. The van der Waals surface area contributed by atoms with E-state index in [1.807, 2.05) is 67.6 Å². The Morgan fingerprint density at radius 1 is 0.784 bits per heavy atom. The number of carbonyl (C=O) groups excluding carboxylic acids is 2. The zero-order valence-corrected chi connectivity index (χ0v) is 21.1. The lowest BCUT2D eigenvalue weighted by Gasteiger charge is -2.09. The summed E-state index contributed by atoms with van der Waals surface area (Å²) in [5, 5.41) is 5.44. The van der Waals surface area contributed by atoms with Crippen molar-refractivity contribution in [2.24, 2.45) is 0 Å². The van der Waals surface area contributed by atoms with Gasteiger partial charge in [-0.3, -0.25) is 9.78 Å². The lowest BCUT2D eigenvalue weighted by molar-refractivity contribution is 0.138. The molecule has 0 aliphatic carbocycles. The molecule has 0 spiro atoms. The molecule has 0 saturated carbocycles. The van der Waals surface area contributed by atoms with Crippen molar-refractivity contribution in [2.75, 3.05) is 13.1 Å². The van der Waals surface area contributed by atoms with Crippen LogP contribution in [0, 0.1) is 6.92 Å². The first-order valence-electron chi connectivity index (χ1n) is 12.5. The fraction of sp³-hybridized carbons (Fsp3) is 0.357. The third-order valence-electron chi connectivity index (χ3n) is 5.67. The van der Waals surface area contributed by atoms with Gasteiger partial charge in [0.2, 0.25) is 0 Å². The van der Waals surface area contributed by atoms with Crippen molar-refractivity contribution >= 4 is 12.2 Å². The van der Waals surface area contributed by atoms with Crippen LogP contribution in [0.3, 0.4) is 0 Å². The first kappa shape index (κ1) is 27.4. The van der Waals surface area contributed by atoms with Crippen LogP contribution >= 0.6 is 0 Å². The summed E-state index contributed by atoms with van der Waals surface area (Å²) in [4.78, 5) is 43.5. The first-order valence-corrected chi connectivity index (χ1v) is 12.5. The summed E-state index contributed by atoms with van der Waals surface area (Å²) < 4.78 is 10.4. The van der Waals surface area contributed by atoms with E-state index in [1.165, 1.54) is 0 Å². The number of hydrogen-bond donors (Lipinski definition) is 3. The van der Waals surface area contributed by atoms with Gasteiger partial charge in [-0.25, -0.2) is 9.59 Å². The number of benzene rings is 2. The Morgan fingerprint density at radius 2 is 1.32 bits per heavy atom. The lowest BCUT2D eigenvalue weighted by Crippen LogP contribution is -2.26. The third kappa shape index (κ3) is 10.2. The van der Waals surface area contributed by atoms with Crippen LogP contribution in [0.25, 0.3) is 0 Å². The van der Waals surface area contributed by atoms with Gasteiger partial charge < -0.3 is 25.1 Å². The molecule has 1 aromatic heterocycles. The highest BCUT2D eigenvalue weighted by Crippen LogP contribution is 2.06. The zero-order chi connectivity index (χ0) is 26.3. The van der Waals surface area contributed by atoms with E-state index in [0.717, 1.165) is 22.5 Å². The molecule has 0 unspecified atom stereocenters. The van der Waals surface area contributed by atoms with Crippen LogP contribution in [0.4, 0.5) is 9.59 Å². The molecule has 0 saturated heterocycles. The number of carbonyl (C=O) groups is 2. The molecule has 37 heavy (non-hydrogen) atoms. The number of unbranched alkanes of at least 4 members (excludes halogenated alkanes) is 1. The Labute approximate surface area is 216 Å². The molecule has 0 aliphatic rings. The van der Waals surface area contributed by atoms with Crippen LogP contribution in [-0.2, 0) is 35.5 Å². The molecule has 196 valence electrons. The number of aryl methyl sites for hydroxylation is 3. The van der Waals surface area contributed by atoms with E-state index in [4.69, 9.17) is 9.47 Å². The number of alkyl carbamates (subject to hydrolysis) is 2. The van der Waals surface area contributed by atoms with E-state index in [2.05, 4.69) is 20.6 Å². The maximum atomic E-state index is 12.4. The van der Waals surface area contributed by atoms with Gasteiger partial charge in [-0.2, -0.15) is 0 Å². The monoisotopic (exact) mass is 506 g/mol. The average Bonchev–Trinajstić information content (AvgIpc) is 2.92. The number of ether oxygens (including phenoxy) is 2. The summed E-state index contributed by atoms with van der Waals surface area (Å²) in [5.74, 6) is 0. The van der Waals surface area contributed by atoms with Crippen LogP contribution in [0.1, 0.15) is 47.5 Å². The van der Waals surface area contributed by atoms with Crippen molar-refractivity contribution in [1.82, 2.24) is 20.6 Å². The van der Waals surface area contributed by atoms with Gasteiger partial charge in [0, 0.05) is 18.8 Å². The second-order valence-electron chi connectivity index (χ2n) is 8.61. The number of amides is 2. The number of nitrogens with one attached hydrogen (secondary N) is 3. The smallest absolute Gasteiger partial charge is 0.407 e. The van der Waals surface area contributed by atoms with Crippen molar-refractivity contribution in [3.8, 4) is 0 Å². The van der Waals surface area contributed by atoms with Gasteiger partial charge in [-0.15, -0.1) is 0 Å². The molecular formula is C28H34N4O5. The van der Waals surface area contributed by atoms with Crippen molar-refractivity contribution in [2.45, 2.75) is 52.2 Å². The number of H-pyrrole nitrogens is 1. The molecular weight excluding hydrogens is 472 g/mol. The summed E-state index contributed by atoms with van der Waals surface area (Å²) in [5.41, 5.74) is 3.66. The third-order valence-corrected chi connectivity index (χ3v) is 5.67. The number of rotatable bonds is 13. The topological polar surface area (TPSA) is 122 Å². The van der Waals surface area contributed by atoms with Gasteiger partial charge in [-0.05, 0) is 50.2 Å². The van der Waals surface area contributed by atoms with E-state index < -0.39 is 12.2 Å². The standard InChI is InChI=1S/C28H34N4O5/c1-21-24(16-10-18-30-28(35)37-20-23-13-6-3-7-14-23)32-26(33)25(31-21)15-8-9-17-29-27(34)36-19-22-11-4-2-5-12-22/h2-7,11-14H,8-10,15-20H2,1H3,(H,29,34)(H,30,35)(H,32,33). The quantitative estimate of drug-likeness (QED) is 0.299. The van der Waals surface area contributed by atoms with Crippen molar-refractivity contribution in [3.63, 3.8) is 0 Å². The van der Waals surface area contributed by atoms with E-state index in [-0.39, 0.29) is 18.8 Å². The molecule has 0 atom stereocenters. The Morgan fingerprint density at radius 3 is 1.89 bits per heavy atom. The van der Waals surface area contributed by atoms with Gasteiger partial charge in [0.1, 0.15) is 18.9 Å². The first-order chi connectivity index (χ1) is 18.0. The lowest BCUT2D eigenvalue weighted by atomic mass is 10.1. The van der Waals surface area contributed by atoms with Gasteiger partial charge in [0.05, 0.1) is 5.69 Å². The predicted octanol–water partition coefficient (Wildman–Crippen LogP) is 4.19. The number of hydrogen-bond acceptors (Lipinski definition) is 6. The minimum Gasteiger partial charge on any atom is -0.445 e. The molecule has 0 fully saturated rings. The number of aromatic nitrogens is 2. The summed E-state index contributed by atoms with van der Waals surface area (Å²) in [6.07, 6.45) is 2.23. The van der Waals surface area contributed by atoms with Crippen LogP contribution in [-0.4, -0.2) is 35.2 Å². The molecule has 3 aromatic rings. The van der Waals surface area contributed by atoms with Crippen molar-refractivity contribution < 1.29 is 19.1 Å². The Bertz CT molecular complexity index is 1180. The van der Waals surface area contributed by atoms with Gasteiger partial charge in [0.15, 0.2) is 0 Å². The molecule has 9 nitrogen and oxygen atoms in total. The Hall–Kier alpha value is -4.14. The molecule has 3 N–H and O–H groups in total. The van der Waals surface area contributed by atoms with Crippen LogP contribution in [0.5, 0.6) is 0 Å². The molecule has 0 bridgehead atoms. The number of aromatic amines is 1. The SMILES string of the molecule is Cc1nc(CCCCNC(=O)OCc2ccccc2)c(=O)[nH]c1CCCNC(=O)OCc1ccccc1. The minimum absolute atomic E-state index is 0.203. The van der Waals surface area contributed by atoms with Crippen LogP contribution < -0.4 is 16.2 Å². The highest BCUT2D eigenvalue weighted by Gasteiger charge is 2.09. The molecule has 3 rings (SSSR count). The minimum atomic E-state index is -0.471. The normalized spacial score (nSPS) is 10.5. The van der Waals surface area contributed by atoms with Gasteiger partial charge in [-0.1, -0.05) is 60.7 Å². The van der Waals surface area contributed by atoms with Crippen LogP contribution in [0.15, 0.2) is 65.5 Å². The number of nitrogens with zero attached hydrogens (tertiary/aromatic N) is 1. The molecule has 0 radical (unpaired) electrons. The van der Waals surface area contributed by atoms with E-state index >= 15 is 0 Å². The van der Waals surface area contributed by atoms with Crippen LogP contribution in [0.2, 0.25) is 0 Å². The molecule has 0 aliphatic heterocycles. The highest BCUT2D eigenvalue weighted by molar-refractivity contribution is 5.67. The van der Waals surface area contributed by atoms with Gasteiger partial charge in [0.25, 0.3) is 5.56 Å². The predicted molar refractivity (Wildman–Crippen MR) is 140 cm³/mol. The fourth-order valence-corrected chi connectivity index (χ4v) is 3.64.